The molecule has 2 rings (SSSR count). The molecule has 1 nitrogen and oxygen atoms in total. The van der Waals surface area contributed by atoms with Crippen molar-refractivity contribution in [2.24, 2.45) is 22.7 Å². The Hall–Kier alpha value is -0.0400. The van der Waals surface area contributed by atoms with Crippen molar-refractivity contribution in [1.82, 2.24) is 0 Å². The van der Waals surface area contributed by atoms with Gasteiger partial charge in [0.15, 0.2) is 0 Å². The zero-order valence-electron chi connectivity index (χ0n) is 11.8. The Morgan fingerprint density at radius 3 is 2.19 bits per heavy atom. The van der Waals surface area contributed by atoms with Gasteiger partial charge in [-0.25, -0.2) is 0 Å². The molecule has 0 aromatic heterocycles. The van der Waals surface area contributed by atoms with Crippen LogP contribution in [-0.2, 0) is 4.74 Å². The molecule has 0 aromatic carbocycles. The van der Waals surface area contributed by atoms with E-state index in [-0.39, 0.29) is 0 Å². The highest BCUT2D eigenvalue weighted by Gasteiger charge is 2.60. The van der Waals surface area contributed by atoms with E-state index in [1.165, 1.54) is 19.3 Å². The van der Waals surface area contributed by atoms with E-state index in [4.69, 9.17) is 4.74 Å². The molecule has 1 heteroatoms. The normalized spacial score (nSPS) is 42.9. The first kappa shape index (κ1) is 12.4. The predicted octanol–water partition coefficient (Wildman–Crippen LogP) is 4.26. The first-order valence-corrected chi connectivity index (χ1v) is 6.93. The Bertz CT molecular complexity index is 264. The molecule has 2 bridgehead atoms. The summed E-state index contributed by atoms with van der Waals surface area (Å²) in [5.74, 6) is 1.51. The minimum atomic E-state index is 0.385. The summed E-state index contributed by atoms with van der Waals surface area (Å²) in [5.41, 5.74) is 0.841. The molecule has 2 fully saturated rings. The summed E-state index contributed by atoms with van der Waals surface area (Å²) in [7, 11) is 0. The number of ether oxygens (including phenoxy) is 1. The van der Waals surface area contributed by atoms with Gasteiger partial charge in [0.2, 0.25) is 0 Å². The summed E-state index contributed by atoms with van der Waals surface area (Å²) >= 11 is 0. The van der Waals surface area contributed by atoms with Gasteiger partial charge in [-0.2, -0.15) is 0 Å². The average molecular weight is 224 g/mol. The van der Waals surface area contributed by atoms with Crippen LogP contribution in [0.3, 0.4) is 0 Å². The molecule has 0 saturated heterocycles. The highest BCUT2D eigenvalue weighted by molar-refractivity contribution is 5.09. The fraction of sp³-hybridized carbons (Fsp3) is 1.00. The van der Waals surface area contributed by atoms with E-state index in [2.05, 4.69) is 41.5 Å². The monoisotopic (exact) mass is 224 g/mol. The van der Waals surface area contributed by atoms with Gasteiger partial charge in [0, 0.05) is 0 Å². The van der Waals surface area contributed by atoms with Crippen LogP contribution in [0.5, 0.6) is 0 Å². The third kappa shape index (κ3) is 1.72. The minimum absolute atomic E-state index is 0.385. The smallest absolute Gasteiger partial charge is 0.0685 e. The van der Waals surface area contributed by atoms with Crippen LogP contribution >= 0.6 is 0 Å². The van der Waals surface area contributed by atoms with E-state index in [0.29, 0.717) is 29.0 Å². The van der Waals surface area contributed by atoms with Crippen molar-refractivity contribution in [1.29, 1.82) is 0 Å². The van der Waals surface area contributed by atoms with Crippen molar-refractivity contribution in [3.63, 3.8) is 0 Å². The highest BCUT2D eigenvalue weighted by atomic mass is 16.5. The quantitative estimate of drug-likeness (QED) is 0.696. The summed E-state index contributed by atoms with van der Waals surface area (Å²) in [5, 5.41) is 0. The van der Waals surface area contributed by atoms with E-state index in [1.54, 1.807) is 0 Å². The van der Waals surface area contributed by atoms with E-state index in [9.17, 15) is 0 Å². The van der Waals surface area contributed by atoms with Crippen LogP contribution in [0.4, 0.5) is 0 Å². The molecule has 0 spiro atoms. The van der Waals surface area contributed by atoms with Gasteiger partial charge in [-0.1, -0.05) is 34.6 Å². The second-order valence-electron chi connectivity index (χ2n) is 7.38. The summed E-state index contributed by atoms with van der Waals surface area (Å²) in [6.07, 6.45) is 5.03. The number of rotatable bonds is 3. The van der Waals surface area contributed by atoms with Crippen LogP contribution in [-0.4, -0.2) is 12.2 Å². The highest BCUT2D eigenvalue weighted by Crippen LogP contribution is 2.63. The third-order valence-electron chi connectivity index (χ3n) is 5.43. The topological polar surface area (TPSA) is 9.23 Å². The van der Waals surface area contributed by atoms with Crippen molar-refractivity contribution in [2.75, 3.05) is 0 Å². The van der Waals surface area contributed by atoms with Gasteiger partial charge in [0.1, 0.15) is 0 Å². The van der Waals surface area contributed by atoms with Crippen molar-refractivity contribution in [2.45, 2.75) is 73.0 Å². The Balaban J connectivity index is 2.14. The maximum atomic E-state index is 6.42. The second-order valence-corrected chi connectivity index (χ2v) is 7.38. The molecule has 0 radical (unpaired) electrons. The van der Waals surface area contributed by atoms with Gasteiger partial charge in [-0.15, -0.1) is 0 Å². The Morgan fingerprint density at radius 1 is 1.12 bits per heavy atom. The summed E-state index contributed by atoms with van der Waals surface area (Å²) in [6, 6.07) is 0. The van der Waals surface area contributed by atoms with Gasteiger partial charge < -0.3 is 4.74 Å². The Morgan fingerprint density at radius 2 is 1.75 bits per heavy atom. The summed E-state index contributed by atoms with van der Waals surface area (Å²) in [6.45, 7) is 14.0. The molecule has 94 valence electrons. The van der Waals surface area contributed by atoms with Crippen molar-refractivity contribution in [3.05, 3.63) is 0 Å². The van der Waals surface area contributed by atoms with Crippen molar-refractivity contribution < 1.29 is 4.74 Å². The molecule has 0 aromatic rings. The maximum absolute atomic E-state index is 6.42. The second kappa shape index (κ2) is 3.73. The fourth-order valence-corrected chi connectivity index (χ4v) is 3.97. The summed E-state index contributed by atoms with van der Waals surface area (Å²) in [4.78, 5) is 0. The largest absolute Gasteiger partial charge is 0.374 e. The molecule has 0 heterocycles. The molecule has 2 saturated carbocycles. The van der Waals surface area contributed by atoms with Crippen LogP contribution in [0.1, 0.15) is 60.8 Å². The van der Waals surface area contributed by atoms with Gasteiger partial charge in [-0.3, -0.25) is 0 Å². The van der Waals surface area contributed by atoms with E-state index in [0.717, 1.165) is 5.92 Å². The zero-order valence-corrected chi connectivity index (χ0v) is 11.8. The molecule has 3 unspecified atom stereocenters. The molecule has 0 amide bonds. The van der Waals surface area contributed by atoms with Crippen LogP contribution in [0.25, 0.3) is 0 Å². The summed E-state index contributed by atoms with van der Waals surface area (Å²) < 4.78 is 6.42. The maximum Gasteiger partial charge on any atom is 0.0685 e. The lowest BCUT2D eigenvalue weighted by Crippen LogP contribution is -2.44. The molecule has 4 atom stereocenters. The number of hydrogen-bond donors (Lipinski definition) is 0. The van der Waals surface area contributed by atoms with Gasteiger partial charge in [-0.05, 0) is 48.9 Å². The van der Waals surface area contributed by atoms with Crippen molar-refractivity contribution >= 4 is 0 Å². The van der Waals surface area contributed by atoms with Gasteiger partial charge in [0.05, 0.1) is 12.2 Å². The van der Waals surface area contributed by atoms with Crippen LogP contribution in [0.15, 0.2) is 0 Å². The molecule has 0 N–H and O–H groups in total. The Labute approximate surface area is 101 Å². The van der Waals surface area contributed by atoms with Crippen LogP contribution < -0.4 is 0 Å². The van der Waals surface area contributed by atoms with Crippen molar-refractivity contribution in [3.8, 4) is 0 Å². The number of hydrogen-bond acceptors (Lipinski definition) is 1. The SMILES string of the molecule is CC(C)[C@@H](C)OC1C2(C)CCC(C2)C1(C)C. The lowest BCUT2D eigenvalue weighted by molar-refractivity contribution is -0.130. The molecule has 0 aliphatic heterocycles. The predicted molar refractivity (Wildman–Crippen MR) is 68.4 cm³/mol. The van der Waals surface area contributed by atoms with E-state index >= 15 is 0 Å². The molecule has 16 heavy (non-hydrogen) atoms. The molecule has 2 aliphatic rings. The average Bonchev–Trinajstić information content (AvgIpc) is 2.63. The van der Waals surface area contributed by atoms with Gasteiger partial charge >= 0.3 is 0 Å². The molecular weight excluding hydrogens is 196 g/mol. The first-order valence-electron chi connectivity index (χ1n) is 6.93. The van der Waals surface area contributed by atoms with Crippen LogP contribution in [0.2, 0.25) is 0 Å². The molecule has 2 aliphatic carbocycles. The van der Waals surface area contributed by atoms with Crippen LogP contribution in [0, 0.1) is 22.7 Å². The van der Waals surface area contributed by atoms with Gasteiger partial charge in [0.25, 0.3) is 0 Å². The number of fused-ring (bicyclic) bond motifs is 2. The lowest BCUT2D eigenvalue weighted by atomic mass is 9.70. The zero-order chi connectivity index (χ0) is 12.1. The third-order valence-corrected chi connectivity index (χ3v) is 5.43. The van der Waals surface area contributed by atoms with E-state index < -0.39 is 0 Å². The van der Waals surface area contributed by atoms with E-state index in [1.807, 2.05) is 0 Å². The molecular formula is C15H28O. The lowest BCUT2D eigenvalue weighted by Gasteiger charge is -2.44. The Kier molecular flexibility index (Phi) is 2.89. The minimum Gasteiger partial charge on any atom is -0.374 e. The standard InChI is InChI=1S/C15H28O/c1-10(2)11(3)16-13-14(4,5)12-7-8-15(13,6)9-12/h10-13H,7-9H2,1-6H3/t11-,12?,13?,15?/m1/s1. The fourth-order valence-electron chi connectivity index (χ4n) is 3.97. The first-order chi connectivity index (χ1) is 7.27.